The molecule has 0 spiro atoms. The molecular weight excluding hydrogens is 226 g/mol. The maximum absolute atomic E-state index is 6.12. The molecule has 0 bridgehead atoms. The summed E-state index contributed by atoms with van der Waals surface area (Å²) in [5.74, 6) is 0.754. The highest BCUT2D eigenvalue weighted by atomic mass is 35.5. The Kier molecular flexibility index (Phi) is 3.56. The average molecular weight is 240 g/mol. The maximum atomic E-state index is 6.12. The minimum absolute atomic E-state index is 0.123. The number of nitrogens with one attached hydrogen (secondary N) is 2. The summed E-state index contributed by atoms with van der Waals surface area (Å²) >= 11 is 6.12. The van der Waals surface area contributed by atoms with Crippen LogP contribution < -0.4 is 5.32 Å². The summed E-state index contributed by atoms with van der Waals surface area (Å²) in [4.78, 5) is 15.3. The van der Waals surface area contributed by atoms with Gasteiger partial charge in [0, 0.05) is 6.54 Å². The number of rotatable bonds is 5. The van der Waals surface area contributed by atoms with Crippen LogP contribution in [0.2, 0.25) is 0 Å². The molecule has 1 unspecified atom stereocenters. The molecule has 0 aliphatic carbocycles. The van der Waals surface area contributed by atoms with Gasteiger partial charge in [-0.25, -0.2) is 15.0 Å². The van der Waals surface area contributed by atoms with Crippen molar-refractivity contribution in [1.29, 1.82) is 0 Å². The topological polar surface area (TPSA) is 66.5 Å². The van der Waals surface area contributed by atoms with Gasteiger partial charge in [-0.05, 0) is 6.42 Å². The van der Waals surface area contributed by atoms with Crippen LogP contribution in [0.5, 0.6) is 0 Å². The first-order valence-corrected chi connectivity index (χ1v) is 5.77. The Morgan fingerprint density at radius 1 is 1.44 bits per heavy atom. The fraction of sp³-hybridized carbons (Fsp3) is 0.500. The summed E-state index contributed by atoms with van der Waals surface area (Å²) in [5, 5.41) is 3.33. The van der Waals surface area contributed by atoms with Gasteiger partial charge in [-0.3, -0.25) is 0 Å². The Hall–Kier alpha value is -1.36. The second-order valence-corrected chi connectivity index (χ2v) is 4.21. The van der Waals surface area contributed by atoms with Crippen LogP contribution in [-0.2, 0) is 0 Å². The van der Waals surface area contributed by atoms with E-state index in [1.54, 1.807) is 6.33 Å². The van der Waals surface area contributed by atoms with Crippen molar-refractivity contribution >= 4 is 28.6 Å². The van der Waals surface area contributed by atoms with Crippen LogP contribution in [0.1, 0.15) is 19.8 Å². The lowest BCUT2D eigenvalue weighted by Gasteiger charge is -2.10. The lowest BCUT2D eigenvalue weighted by molar-refractivity contribution is 0.751. The van der Waals surface area contributed by atoms with E-state index in [4.69, 9.17) is 11.6 Å². The lowest BCUT2D eigenvalue weighted by atomic mass is 10.2. The molecule has 0 amide bonds. The number of aromatic nitrogens is 4. The highest BCUT2D eigenvalue weighted by Crippen LogP contribution is 2.15. The van der Waals surface area contributed by atoms with E-state index < -0.39 is 0 Å². The molecule has 2 aromatic rings. The largest absolute Gasteiger partial charge is 0.367 e. The molecule has 2 rings (SSSR count). The van der Waals surface area contributed by atoms with Gasteiger partial charge in [0.1, 0.15) is 11.8 Å². The van der Waals surface area contributed by atoms with E-state index in [1.807, 2.05) is 0 Å². The zero-order valence-electron chi connectivity index (χ0n) is 9.07. The summed E-state index contributed by atoms with van der Waals surface area (Å²) < 4.78 is 0. The number of nitrogens with zero attached hydrogens (tertiary/aromatic N) is 3. The van der Waals surface area contributed by atoms with Crippen LogP contribution >= 0.6 is 11.6 Å². The van der Waals surface area contributed by atoms with Gasteiger partial charge < -0.3 is 10.3 Å². The number of hydrogen-bond acceptors (Lipinski definition) is 4. The normalized spacial score (nSPS) is 12.9. The number of imidazole rings is 1. The molecule has 16 heavy (non-hydrogen) atoms. The van der Waals surface area contributed by atoms with Crippen molar-refractivity contribution in [3.05, 3.63) is 12.7 Å². The van der Waals surface area contributed by atoms with Crippen molar-refractivity contribution in [2.24, 2.45) is 0 Å². The Morgan fingerprint density at radius 2 is 2.31 bits per heavy atom. The fourth-order valence-corrected chi connectivity index (χ4v) is 1.82. The summed E-state index contributed by atoms with van der Waals surface area (Å²) in [6.07, 6.45) is 5.17. The molecule has 0 aliphatic rings. The van der Waals surface area contributed by atoms with Gasteiger partial charge in [0.15, 0.2) is 11.5 Å². The van der Waals surface area contributed by atoms with Crippen molar-refractivity contribution in [1.82, 2.24) is 19.9 Å². The molecule has 0 aliphatic heterocycles. The number of halogens is 1. The quantitative estimate of drug-likeness (QED) is 0.785. The molecule has 0 aromatic carbocycles. The monoisotopic (exact) mass is 239 g/mol. The molecule has 0 fully saturated rings. The van der Waals surface area contributed by atoms with Crippen molar-refractivity contribution in [2.45, 2.75) is 25.1 Å². The van der Waals surface area contributed by atoms with Crippen LogP contribution in [-0.4, -0.2) is 31.9 Å². The van der Waals surface area contributed by atoms with Crippen LogP contribution in [0.3, 0.4) is 0 Å². The second kappa shape index (κ2) is 5.12. The van der Waals surface area contributed by atoms with E-state index >= 15 is 0 Å². The van der Waals surface area contributed by atoms with E-state index in [0.29, 0.717) is 12.2 Å². The molecule has 86 valence electrons. The summed E-state index contributed by atoms with van der Waals surface area (Å²) in [6.45, 7) is 2.81. The van der Waals surface area contributed by atoms with Crippen molar-refractivity contribution in [2.75, 3.05) is 11.9 Å². The van der Waals surface area contributed by atoms with Crippen LogP contribution in [0.25, 0.3) is 11.2 Å². The van der Waals surface area contributed by atoms with Gasteiger partial charge in [0.25, 0.3) is 0 Å². The molecule has 6 heteroatoms. The van der Waals surface area contributed by atoms with Gasteiger partial charge in [-0.15, -0.1) is 11.6 Å². The Labute approximate surface area is 98.7 Å². The first kappa shape index (κ1) is 11.1. The number of H-pyrrole nitrogens is 1. The average Bonchev–Trinajstić information content (AvgIpc) is 2.75. The van der Waals surface area contributed by atoms with Gasteiger partial charge in [-0.2, -0.15) is 0 Å². The zero-order valence-corrected chi connectivity index (χ0v) is 9.83. The second-order valence-electron chi connectivity index (χ2n) is 3.59. The first-order chi connectivity index (χ1) is 7.81. The molecule has 1 atom stereocenters. The summed E-state index contributed by atoms with van der Waals surface area (Å²) in [6, 6.07) is 0. The minimum atomic E-state index is 0.123. The standard InChI is InChI=1S/C10H14ClN5/c1-2-3-7(11)4-12-9-8-10(14-5-13-8)16-6-15-9/h5-7H,2-4H2,1H3,(H2,12,13,14,15,16). The maximum Gasteiger partial charge on any atom is 0.182 e. The smallest absolute Gasteiger partial charge is 0.182 e. The lowest BCUT2D eigenvalue weighted by Crippen LogP contribution is -2.15. The van der Waals surface area contributed by atoms with Crippen LogP contribution in [0.4, 0.5) is 5.82 Å². The molecule has 0 radical (unpaired) electrons. The fourth-order valence-electron chi connectivity index (χ4n) is 1.52. The van der Waals surface area contributed by atoms with E-state index in [-0.39, 0.29) is 5.38 Å². The Morgan fingerprint density at radius 3 is 3.12 bits per heavy atom. The first-order valence-electron chi connectivity index (χ1n) is 5.33. The number of anilines is 1. The van der Waals surface area contributed by atoms with Gasteiger partial charge in [-0.1, -0.05) is 13.3 Å². The molecule has 2 heterocycles. The Bertz CT molecular complexity index is 455. The predicted molar refractivity (Wildman–Crippen MR) is 64.7 cm³/mol. The zero-order chi connectivity index (χ0) is 11.4. The molecule has 0 saturated carbocycles. The highest BCUT2D eigenvalue weighted by molar-refractivity contribution is 6.20. The third-order valence-corrected chi connectivity index (χ3v) is 2.69. The Balaban J connectivity index is 2.06. The SMILES string of the molecule is CCCC(Cl)CNc1ncnc2nc[nH]c12. The molecule has 5 nitrogen and oxygen atoms in total. The minimum Gasteiger partial charge on any atom is -0.367 e. The van der Waals surface area contributed by atoms with Crippen LogP contribution in [0.15, 0.2) is 12.7 Å². The van der Waals surface area contributed by atoms with Crippen LogP contribution in [0, 0.1) is 0 Å². The number of fused-ring (bicyclic) bond motifs is 1. The number of hydrogen-bond donors (Lipinski definition) is 2. The molecule has 0 saturated heterocycles. The predicted octanol–water partition coefficient (Wildman–Crippen LogP) is 2.17. The van der Waals surface area contributed by atoms with E-state index in [9.17, 15) is 0 Å². The van der Waals surface area contributed by atoms with Crippen molar-refractivity contribution in [3.8, 4) is 0 Å². The van der Waals surface area contributed by atoms with E-state index in [1.165, 1.54) is 6.33 Å². The number of aromatic amines is 1. The third-order valence-electron chi connectivity index (χ3n) is 2.32. The number of alkyl halides is 1. The molecule has 2 aromatic heterocycles. The summed E-state index contributed by atoms with van der Waals surface area (Å²) in [7, 11) is 0. The van der Waals surface area contributed by atoms with Crippen molar-refractivity contribution < 1.29 is 0 Å². The van der Waals surface area contributed by atoms with Crippen molar-refractivity contribution in [3.63, 3.8) is 0 Å². The van der Waals surface area contributed by atoms with E-state index in [0.717, 1.165) is 24.2 Å². The van der Waals surface area contributed by atoms with Gasteiger partial charge >= 0.3 is 0 Å². The van der Waals surface area contributed by atoms with Gasteiger partial charge in [0.05, 0.1) is 11.7 Å². The molecular formula is C10H14ClN5. The third kappa shape index (κ3) is 2.41. The van der Waals surface area contributed by atoms with Gasteiger partial charge in [0.2, 0.25) is 0 Å². The highest BCUT2D eigenvalue weighted by Gasteiger charge is 2.07. The summed E-state index contributed by atoms with van der Waals surface area (Å²) in [5.41, 5.74) is 1.49. The molecule has 2 N–H and O–H groups in total. The van der Waals surface area contributed by atoms with E-state index in [2.05, 4.69) is 32.2 Å².